The van der Waals surface area contributed by atoms with E-state index in [9.17, 15) is 8.42 Å². The highest BCUT2D eigenvalue weighted by Gasteiger charge is 2.23. The summed E-state index contributed by atoms with van der Waals surface area (Å²) in [6, 6.07) is 23.7. The van der Waals surface area contributed by atoms with Crippen molar-refractivity contribution in [1.82, 2.24) is 4.90 Å². The Morgan fingerprint density at radius 2 is 1.76 bits per heavy atom. The van der Waals surface area contributed by atoms with Crippen LogP contribution in [0.5, 0.6) is 5.75 Å². The van der Waals surface area contributed by atoms with E-state index in [-0.39, 0.29) is 6.04 Å². The summed E-state index contributed by atoms with van der Waals surface area (Å²) in [6.45, 7) is 1.05. The van der Waals surface area contributed by atoms with Crippen LogP contribution in [-0.2, 0) is 16.6 Å². The van der Waals surface area contributed by atoms with Crippen LogP contribution < -0.4 is 9.46 Å². The van der Waals surface area contributed by atoms with E-state index in [1.54, 1.807) is 36.0 Å². The lowest BCUT2D eigenvalue weighted by molar-refractivity contribution is 0.349. The number of sulfonamides is 1. The van der Waals surface area contributed by atoms with Crippen molar-refractivity contribution in [2.75, 3.05) is 30.9 Å². The molecule has 1 N–H and O–H groups in total. The van der Waals surface area contributed by atoms with Crippen LogP contribution in [0.15, 0.2) is 82.7 Å². The number of amidine groups is 1. The van der Waals surface area contributed by atoms with Gasteiger partial charge in [-0.25, -0.2) is 8.42 Å². The Bertz CT molecular complexity index is 1240. The smallest absolute Gasteiger partial charge is 0.229 e. The van der Waals surface area contributed by atoms with Crippen molar-refractivity contribution in [3.8, 4) is 5.75 Å². The lowest BCUT2D eigenvalue weighted by Crippen LogP contribution is -2.30. The van der Waals surface area contributed by atoms with Crippen LogP contribution in [0.3, 0.4) is 0 Å². The Hall–Kier alpha value is -2.97. The van der Waals surface area contributed by atoms with Crippen LogP contribution in [-0.4, -0.2) is 45.3 Å². The van der Waals surface area contributed by atoms with Gasteiger partial charge in [0.2, 0.25) is 10.0 Å². The molecule has 0 spiro atoms. The molecule has 1 heterocycles. The number of fused-ring (bicyclic) bond motifs is 1. The van der Waals surface area contributed by atoms with Crippen LogP contribution in [0.25, 0.3) is 0 Å². The molecule has 0 saturated heterocycles. The molecule has 8 heteroatoms. The summed E-state index contributed by atoms with van der Waals surface area (Å²) < 4.78 is 31.3. The number of nitrogens with one attached hydrogen (secondary N) is 1. The molecule has 4 rings (SSSR count). The lowest BCUT2D eigenvalue weighted by Gasteiger charge is -2.20. The molecule has 0 saturated carbocycles. The number of rotatable bonds is 7. The highest BCUT2D eigenvalue weighted by Crippen LogP contribution is 2.33. The van der Waals surface area contributed by atoms with E-state index < -0.39 is 10.0 Å². The molecule has 1 unspecified atom stereocenters. The maximum Gasteiger partial charge on any atom is 0.229 e. The number of hydrogen-bond acceptors (Lipinski definition) is 6. The van der Waals surface area contributed by atoms with E-state index >= 15 is 0 Å². The molecular formula is C25H27N3O3S2. The number of likely N-dealkylation sites (N-methyl/N-ethyl adjacent to an activating group) is 1. The summed E-state index contributed by atoms with van der Waals surface area (Å²) in [5.74, 6) is 1.50. The van der Waals surface area contributed by atoms with E-state index in [4.69, 9.17) is 9.73 Å². The number of thioether (sulfide) groups is 1. The van der Waals surface area contributed by atoms with E-state index in [2.05, 4.69) is 64.4 Å². The Labute approximate surface area is 199 Å². The zero-order chi connectivity index (χ0) is 23.4. The highest BCUT2D eigenvalue weighted by molar-refractivity contribution is 7.98. The Morgan fingerprint density at radius 3 is 2.42 bits per heavy atom. The van der Waals surface area contributed by atoms with E-state index in [1.165, 1.54) is 16.0 Å². The van der Waals surface area contributed by atoms with Crippen LogP contribution in [0.4, 0.5) is 5.69 Å². The quantitative estimate of drug-likeness (QED) is 0.491. The molecule has 0 bridgehead atoms. The van der Waals surface area contributed by atoms with Gasteiger partial charge in [0, 0.05) is 24.2 Å². The average Bonchev–Trinajstić information content (AvgIpc) is 2.93. The molecule has 1 atom stereocenters. The summed E-state index contributed by atoms with van der Waals surface area (Å²) in [4.78, 5) is 8.46. The van der Waals surface area contributed by atoms with Crippen molar-refractivity contribution in [3.63, 3.8) is 0 Å². The average molecular weight is 482 g/mol. The first-order valence-electron chi connectivity index (χ1n) is 10.5. The highest BCUT2D eigenvalue weighted by atomic mass is 32.2. The fourth-order valence-electron chi connectivity index (χ4n) is 3.78. The van der Waals surface area contributed by atoms with Crippen molar-refractivity contribution in [1.29, 1.82) is 0 Å². The number of aliphatic imine (C=N–C) groups is 1. The van der Waals surface area contributed by atoms with Gasteiger partial charge in [0.1, 0.15) is 24.2 Å². The van der Waals surface area contributed by atoms with Crippen molar-refractivity contribution in [2.45, 2.75) is 17.5 Å². The van der Waals surface area contributed by atoms with Gasteiger partial charge in [0.05, 0.1) is 6.26 Å². The first-order chi connectivity index (χ1) is 15.8. The summed E-state index contributed by atoms with van der Waals surface area (Å²) in [6.07, 6.45) is 3.20. The zero-order valence-electron chi connectivity index (χ0n) is 18.9. The summed E-state index contributed by atoms with van der Waals surface area (Å²) in [5, 5.41) is 0. The Kier molecular flexibility index (Phi) is 6.95. The van der Waals surface area contributed by atoms with Gasteiger partial charge in [-0.3, -0.25) is 9.71 Å². The molecule has 33 heavy (non-hydrogen) atoms. The number of nitrogens with zero attached hydrogens (tertiary/aromatic N) is 2. The minimum atomic E-state index is -3.31. The fraction of sp³-hybridized carbons (Fsp3) is 0.240. The van der Waals surface area contributed by atoms with E-state index in [0.717, 1.165) is 24.2 Å². The largest absolute Gasteiger partial charge is 0.486 e. The van der Waals surface area contributed by atoms with Gasteiger partial charge >= 0.3 is 0 Å². The second-order valence-corrected chi connectivity index (χ2v) is 10.6. The molecule has 0 aliphatic carbocycles. The predicted molar refractivity (Wildman–Crippen MR) is 136 cm³/mol. The normalized spacial score (nSPS) is 15.9. The monoisotopic (exact) mass is 481 g/mol. The molecule has 0 radical (unpaired) electrons. The van der Waals surface area contributed by atoms with Gasteiger partial charge in [-0.1, -0.05) is 36.4 Å². The van der Waals surface area contributed by atoms with Gasteiger partial charge in [-0.05, 0) is 59.3 Å². The number of anilines is 1. The topological polar surface area (TPSA) is 71.0 Å². The van der Waals surface area contributed by atoms with E-state index in [1.807, 2.05) is 7.05 Å². The standard InChI is InChI=1S/C25H27N3O3S2/c1-28-16-19-6-4-5-7-23(19)25(18-8-14-22(32-2)15-9-18)26-24(28)17-31-21-12-10-20(11-13-21)27-33(3,29)30/h4-15,25,27H,16-17H2,1-3H3. The van der Waals surface area contributed by atoms with Crippen LogP contribution >= 0.6 is 11.8 Å². The van der Waals surface area contributed by atoms with E-state index in [0.29, 0.717) is 18.0 Å². The minimum Gasteiger partial charge on any atom is -0.486 e. The van der Waals surface area contributed by atoms with Crippen LogP contribution in [0.1, 0.15) is 22.7 Å². The summed E-state index contributed by atoms with van der Waals surface area (Å²) in [7, 11) is -1.29. The number of benzene rings is 3. The van der Waals surface area contributed by atoms with Crippen molar-refractivity contribution in [2.24, 2.45) is 4.99 Å². The summed E-state index contributed by atoms with van der Waals surface area (Å²) >= 11 is 1.72. The summed E-state index contributed by atoms with van der Waals surface area (Å²) in [5.41, 5.74) is 4.09. The third kappa shape index (κ3) is 5.89. The van der Waals surface area contributed by atoms with Gasteiger partial charge in [0.25, 0.3) is 0 Å². The molecule has 0 fully saturated rings. The van der Waals surface area contributed by atoms with Crippen molar-refractivity contribution < 1.29 is 13.2 Å². The van der Waals surface area contributed by atoms with Gasteiger partial charge in [0.15, 0.2) is 0 Å². The number of hydrogen-bond donors (Lipinski definition) is 1. The predicted octanol–water partition coefficient (Wildman–Crippen LogP) is 4.79. The zero-order valence-corrected chi connectivity index (χ0v) is 20.5. The second kappa shape index (κ2) is 9.89. The second-order valence-electron chi connectivity index (χ2n) is 7.96. The van der Waals surface area contributed by atoms with Crippen molar-refractivity contribution in [3.05, 3.63) is 89.5 Å². The first-order valence-corrected chi connectivity index (χ1v) is 13.6. The molecule has 3 aromatic rings. The first kappa shape index (κ1) is 23.2. The number of ether oxygens (including phenoxy) is 1. The van der Waals surface area contributed by atoms with Crippen molar-refractivity contribution >= 4 is 33.3 Å². The van der Waals surface area contributed by atoms with Crippen LogP contribution in [0.2, 0.25) is 0 Å². The molecular weight excluding hydrogens is 454 g/mol. The molecule has 0 amide bonds. The molecule has 6 nitrogen and oxygen atoms in total. The fourth-order valence-corrected chi connectivity index (χ4v) is 4.75. The van der Waals surface area contributed by atoms with Gasteiger partial charge in [-0.2, -0.15) is 0 Å². The Morgan fingerprint density at radius 1 is 1.06 bits per heavy atom. The third-order valence-electron chi connectivity index (χ3n) is 5.43. The molecule has 0 aromatic heterocycles. The van der Waals surface area contributed by atoms with Gasteiger partial charge in [-0.15, -0.1) is 11.8 Å². The Balaban J connectivity index is 1.58. The molecule has 1 aliphatic rings. The van der Waals surface area contributed by atoms with Gasteiger partial charge < -0.3 is 9.64 Å². The maximum absolute atomic E-state index is 11.4. The lowest BCUT2D eigenvalue weighted by atomic mass is 9.95. The molecule has 1 aliphatic heterocycles. The SMILES string of the molecule is CSc1ccc(C2N=C(COc3ccc(NS(C)(=O)=O)cc3)N(C)Cc3ccccc32)cc1. The third-order valence-corrected chi connectivity index (χ3v) is 6.78. The minimum absolute atomic E-state index is 0.109. The molecule has 172 valence electrons. The maximum atomic E-state index is 11.4. The van der Waals surface area contributed by atoms with Crippen LogP contribution in [0, 0.1) is 0 Å². The molecule has 3 aromatic carbocycles.